The predicted octanol–water partition coefficient (Wildman–Crippen LogP) is 0.644. The quantitative estimate of drug-likeness (QED) is 0.563. The standard InChI is InChI=1S/C13H24N2O4/c1-19-8-4-5-10(12(17)18)15-11(16)9-13(14)6-2-3-7-13/h10H,2-9,14H2,1H3,(H,15,16)(H,17,18). The largest absolute Gasteiger partial charge is 0.480 e. The first-order chi connectivity index (χ1) is 8.97. The Morgan fingerprint density at radius 2 is 2.05 bits per heavy atom. The van der Waals surface area contributed by atoms with E-state index in [9.17, 15) is 9.59 Å². The molecule has 1 amide bonds. The molecule has 1 atom stereocenters. The molecule has 0 aromatic heterocycles. The topological polar surface area (TPSA) is 102 Å². The van der Waals surface area contributed by atoms with E-state index >= 15 is 0 Å². The lowest BCUT2D eigenvalue weighted by Gasteiger charge is -2.24. The van der Waals surface area contributed by atoms with Crippen molar-refractivity contribution in [1.82, 2.24) is 5.32 Å². The van der Waals surface area contributed by atoms with E-state index in [-0.39, 0.29) is 12.3 Å². The van der Waals surface area contributed by atoms with Crippen LogP contribution in [0.15, 0.2) is 0 Å². The minimum absolute atomic E-state index is 0.209. The summed E-state index contributed by atoms with van der Waals surface area (Å²) in [7, 11) is 1.56. The van der Waals surface area contributed by atoms with Gasteiger partial charge in [0.2, 0.25) is 5.91 Å². The van der Waals surface area contributed by atoms with Gasteiger partial charge in [-0.2, -0.15) is 0 Å². The van der Waals surface area contributed by atoms with Crippen molar-refractivity contribution in [3.05, 3.63) is 0 Å². The van der Waals surface area contributed by atoms with Crippen LogP contribution < -0.4 is 11.1 Å². The van der Waals surface area contributed by atoms with Gasteiger partial charge in [-0.25, -0.2) is 4.79 Å². The zero-order valence-corrected chi connectivity index (χ0v) is 11.5. The number of aliphatic carboxylic acids is 1. The zero-order chi connectivity index (χ0) is 14.3. The molecule has 0 saturated heterocycles. The number of carboxylic acid groups (broad SMARTS) is 1. The molecule has 1 saturated carbocycles. The Kier molecular flexibility index (Phi) is 6.24. The molecule has 1 aliphatic rings. The maximum atomic E-state index is 11.9. The lowest BCUT2D eigenvalue weighted by Crippen LogP contribution is -2.47. The number of carbonyl (C=O) groups excluding carboxylic acids is 1. The van der Waals surface area contributed by atoms with Gasteiger partial charge < -0.3 is 20.9 Å². The van der Waals surface area contributed by atoms with Gasteiger partial charge in [-0.1, -0.05) is 12.8 Å². The number of nitrogens with one attached hydrogen (secondary N) is 1. The fraction of sp³-hybridized carbons (Fsp3) is 0.846. The Bertz CT molecular complexity index is 314. The van der Waals surface area contributed by atoms with E-state index in [1.165, 1.54) is 0 Å². The molecule has 1 unspecified atom stereocenters. The molecule has 1 fully saturated rings. The summed E-state index contributed by atoms with van der Waals surface area (Å²) in [4.78, 5) is 22.9. The number of amides is 1. The van der Waals surface area contributed by atoms with Crippen LogP contribution in [0.25, 0.3) is 0 Å². The van der Waals surface area contributed by atoms with E-state index in [4.69, 9.17) is 15.6 Å². The minimum Gasteiger partial charge on any atom is -0.480 e. The Balaban J connectivity index is 2.40. The first kappa shape index (κ1) is 15.9. The molecule has 0 bridgehead atoms. The van der Waals surface area contributed by atoms with Crippen molar-refractivity contribution < 1.29 is 19.4 Å². The van der Waals surface area contributed by atoms with Gasteiger partial charge in [0.15, 0.2) is 0 Å². The average molecular weight is 272 g/mol. The monoisotopic (exact) mass is 272 g/mol. The summed E-state index contributed by atoms with van der Waals surface area (Å²) in [6.45, 7) is 0.487. The van der Waals surface area contributed by atoms with Crippen molar-refractivity contribution in [3.63, 3.8) is 0 Å². The highest BCUT2D eigenvalue weighted by Crippen LogP contribution is 2.29. The summed E-state index contributed by atoms with van der Waals surface area (Å²) in [6.07, 6.45) is 4.93. The highest BCUT2D eigenvalue weighted by Gasteiger charge is 2.32. The van der Waals surface area contributed by atoms with Gasteiger partial charge in [0.05, 0.1) is 0 Å². The molecular formula is C13H24N2O4. The van der Waals surface area contributed by atoms with Gasteiger partial charge >= 0.3 is 5.97 Å². The van der Waals surface area contributed by atoms with Crippen molar-refractivity contribution >= 4 is 11.9 Å². The van der Waals surface area contributed by atoms with Crippen LogP contribution in [-0.4, -0.2) is 42.3 Å². The molecule has 110 valence electrons. The molecule has 0 radical (unpaired) electrons. The number of hydrogen-bond acceptors (Lipinski definition) is 4. The maximum Gasteiger partial charge on any atom is 0.326 e. The fourth-order valence-electron chi connectivity index (χ4n) is 2.51. The van der Waals surface area contributed by atoms with Crippen molar-refractivity contribution in [2.75, 3.05) is 13.7 Å². The summed E-state index contributed by atoms with van der Waals surface area (Å²) >= 11 is 0. The van der Waals surface area contributed by atoms with Crippen LogP contribution in [0, 0.1) is 0 Å². The van der Waals surface area contributed by atoms with Gasteiger partial charge in [0.1, 0.15) is 6.04 Å². The van der Waals surface area contributed by atoms with Gasteiger partial charge in [-0.3, -0.25) is 4.79 Å². The number of hydrogen-bond donors (Lipinski definition) is 3. The predicted molar refractivity (Wildman–Crippen MR) is 70.7 cm³/mol. The summed E-state index contributed by atoms with van der Waals surface area (Å²) < 4.78 is 4.87. The van der Waals surface area contributed by atoms with E-state index in [1.807, 2.05) is 0 Å². The van der Waals surface area contributed by atoms with Crippen LogP contribution in [-0.2, 0) is 14.3 Å². The Morgan fingerprint density at radius 3 is 2.58 bits per heavy atom. The third-order valence-corrected chi connectivity index (χ3v) is 3.59. The summed E-state index contributed by atoms with van der Waals surface area (Å²) in [5.74, 6) is -1.28. The highest BCUT2D eigenvalue weighted by atomic mass is 16.5. The highest BCUT2D eigenvalue weighted by molar-refractivity contribution is 5.84. The van der Waals surface area contributed by atoms with Gasteiger partial charge in [-0.05, 0) is 25.7 Å². The van der Waals surface area contributed by atoms with Crippen molar-refractivity contribution in [2.24, 2.45) is 5.73 Å². The third-order valence-electron chi connectivity index (χ3n) is 3.59. The maximum absolute atomic E-state index is 11.9. The van der Waals surface area contributed by atoms with Gasteiger partial charge in [0, 0.05) is 25.7 Å². The average Bonchev–Trinajstić information content (AvgIpc) is 2.74. The molecule has 4 N–H and O–H groups in total. The molecule has 6 heteroatoms. The van der Waals surface area contributed by atoms with Crippen molar-refractivity contribution in [2.45, 2.75) is 56.5 Å². The lowest BCUT2D eigenvalue weighted by molar-refractivity contribution is -0.142. The van der Waals surface area contributed by atoms with Crippen molar-refractivity contribution in [3.8, 4) is 0 Å². The number of nitrogens with two attached hydrogens (primary N) is 1. The normalized spacial score (nSPS) is 19.1. The SMILES string of the molecule is COCCCC(NC(=O)CC1(N)CCCC1)C(=O)O. The molecule has 6 nitrogen and oxygen atoms in total. The van der Waals surface area contributed by atoms with Crippen molar-refractivity contribution in [1.29, 1.82) is 0 Å². The molecule has 0 aliphatic heterocycles. The Hall–Kier alpha value is -1.14. The summed E-state index contributed by atoms with van der Waals surface area (Å²) in [5, 5.41) is 11.6. The number of methoxy groups -OCH3 is 1. The first-order valence-corrected chi connectivity index (χ1v) is 6.77. The fourth-order valence-corrected chi connectivity index (χ4v) is 2.51. The molecule has 1 aliphatic carbocycles. The first-order valence-electron chi connectivity index (χ1n) is 6.77. The smallest absolute Gasteiger partial charge is 0.326 e. The van der Waals surface area contributed by atoms with E-state index in [0.29, 0.717) is 19.4 Å². The summed E-state index contributed by atoms with van der Waals surface area (Å²) in [6, 6.07) is -0.854. The second-order valence-electron chi connectivity index (χ2n) is 5.34. The van der Waals surface area contributed by atoms with E-state index in [2.05, 4.69) is 5.32 Å². The van der Waals surface area contributed by atoms with Crippen LogP contribution in [0.3, 0.4) is 0 Å². The number of carboxylic acids is 1. The molecule has 19 heavy (non-hydrogen) atoms. The minimum atomic E-state index is -1.01. The molecule has 0 aromatic carbocycles. The van der Waals surface area contributed by atoms with Crippen LogP contribution >= 0.6 is 0 Å². The Labute approximate surface area is 113 Å². The molecule has 0 heterocycles. The van der Waals surface area contributed by atoms with Gasteiger partial charge in [0.25, 0.3) is 0 Å². The van der Waals surface area contributed by atoms with Crippen LogP contribution in [0.4, 0.5) is 0 Å². The van der Waals surface area contributed by atoms with Gasteiger partial charge in [-0.15, -0.1) is 0 Å². The second-order valence-corrected chi connectivity index (χ2v) is 5.34. The number of rotatable bonds is 8. The lowest BCUT2D eigenvalue weighted by atomic mass is 9.94. The van der Waals surface area contributed by atoms with E-state index in [1.54, 1.807) is 7.11 Å². The number of ether oxygens (including phenoxy) is 1. The van der Waals surface area contributed by atoms with Crippen LogP contribution in [0.1, 0.15) is 44.9 Å². The van der Waals surface area contributed by atoms with E-state index in [0.717, 1.165) is 25.7 Å². The third kappa shape index (κ3) is 5.57. The Morgan fingerprint density at radius 1 is 1.42 bits per heavy atom. The molecule has 0 spiro atoms. The zero-order valence-electron chi connectivity index (χ0n) is 11.5. The second kappa shape index (κ2) is 7.45. The molecular weight excluding hydrogens is 248 g/mol. The number of carbonyl (C=O) groups is 2. The summed E-state index contributed by atoms with van der Waals surface area (Å²) in [5.41, 5.74) is 5.66. The van der Waals surface area contributed by atoms with Crippen LogP contribution in [0.2, 0.25) is 0 Å². The molecule has 0 aromatic rings. The van der Waals surface area contributed by atoms with E-state index < -0.39 is 17.6 Å². The molecule has 1 rings (SSSR count). The van der Waals surface area contributed by atoms with Crippen LogP contribution in [0.5, 0.6) is 0 Å².